The van der Waals surface area contributed by atoms with E-state index in [0.717, 1.165) is 48.9 Å². The van der Waals surface area contributed by atoms with Crippen molar-refractivity contribution in [1.82, 2.24) is 4.78 Å². The van der Waals surface area contributed by atoms with Crippen LogP contribution in [0.3, 0.4) is 0 Å². The molecule has 1 heterocycles. The molecule has 6 nitrogen and oxygen atoms in total. The molecular formula is C29H38N3O3PS. The number of ether oxygens (including phenoxy) is 1. The minimum atomic E-state index is -2.60. The van der Waals surface area contributed by atoms with Crippen molar-refractivity contribution in [1.29, 1.82) is 5.26 Å². The Morgan fingerprint density at radius 2 is 1.95 bits per heavy atom. The minimum Gasteiger partial charge on any atom is -0.497 e. The van der Waals surface area contributed by atoms with Crippen molar-refractivity contribution < 1.29 is 14.6 Å². The number of aliphatic hydroxyl groups excluding tert-OH is 1. The zero-order valence-corrected chi connectivity index (χ0v) is 23.8. The predicted octanol–water partition coefficient (Wildman–Crippen LogP) is 5.21. The molecule has 1 unspecified atom stereocenters. The molecule has 0 saturated heterocycles. The summed E-state index contributed by atoms with van der Waals surface area (Å²) < 4.78 is 6.97. The number of carbonyl (C=O) groups is 1. The van der Waals surface area contributed by atoms with E-state index >= 15 is 0 Å². The number of rotatable bonds is 3. The molecule has 0 aromatic heterocycles. The van der Waals surface area contributed by atoms with Gasteiger partial charge < -0.3 is 9.84 Å². The van der Waals surface area contributed by atoms with Crippen LogP contribution in [0.25, 0.3) is 0 Å². The Bertz CT molecular complexity index is 1230. The fraction of sp³-hybridized carbons (Fsp3) is 0.690. The molecule has 37 heavy (non-hydrogen) atoms. The lowest BCUT2D eigenvalue weighted by atomic mass is 9.45. The molecule has 0 radical (unpaired) electrons. The van der Waals surface area contributed by atoms with Crippen LogP contribution in [0.2, 0.25) is 0 Å². The van der Waals surface area contributed by atoms with Gasteiger partial charge >= 0.3 is 0 Å². The van der Waals surface area contributed by atoms with Gasteiger partial charge in [0.15, 0.2) is 0 Å². The zero-order valence-electron chi connectivity index (χ0n) is 22.1. The van der Waals surface area contributed by atoms with Crippen LogP contribution in [-0.2, 0) is 16.6 Å². The number of nitrogens with zero attached hydrogens (tertiary/aromatic N) is 3. The first-order valence-corrected chi connectivity index (χ1v) is 16.7. The molecule has 198 valence electrons. The Hall–Kier alpha value is -1.74. The lowest BCUT2D eigenvalue weighted by molar-refractivity contribution is -0.125. The van der Waals surface area contributed by atoms with Crippen LogP contribution < -0.4 is 10.0 Å². The topological polar surface area (TPSA) is 85.9 Å². The van der Waals surface area contributed by atoms with E-state index in [0.29, 0.717) is 29.1 Å². The molecule has 1 amide bonds. The van der Waals surface area contributed by atoms with E-state index in [9.17, 15) is 15.2 Å². The lowest BCUT2D eigenvalue weighted by Gasteiger charge is -2.60. The molecular weight excluding hydrogens is 501 g/mol. The largest absolute Gasteiger partial charge is 0.497 e. The standard InChI is InChI=1S/C29H38N3O3PS/c1-28-13-10-19(33)16-18(28)4-9-22-23(28)11-14-29(2)24(22)17-25-27(29)31-32(26(34)12-15-30)36(25,37)21-7-5-20(35-3)6-8-21/h5-8,18-19,22-25,33H,4,9-14,16-17H2,1-3H3/t18-,19-,22+,23-,24-,25-,28-,29-,36?/m0/s1. The number of methoxy groups -OCH3 is 1. The summed E-state index contributed by atoms with van der Waals surface area (Å²) in [6.45, 7) is 4.90. The maximum Gasteiger partial charge on any atom is 0.261 e. The van der Waals surface area contributed by atoms with Gasteiger partial charge in [0, 0.05) is 10.7 Å². The van der Waals surface area contributed by atoms with Crippen molar-refractivity contribution in [2.24, 2.45) is 39.6 Å². The van der Waals surface area contributed by atoms with E-state index in [-0.39, 0.29) is 29.5 Å². The van der Waals surface area contributed by atoms with Crippen molar-refractivity contribution in [3.05, 3.63) is 24.3 Å². The highest BCUT2D eigenvalue weighted by Gasteiger charge is 2.65. The quantitative estimate of drug-likeness (QED) is 0.533. The Morgan fingerprint density at radius 1 is 1.19 bits per heavy atom. The van der Waals surface area contributed by atoms with Gasteiger partial charge in [-0.05, 0) is 105 Å². The summed E-state index contributed by atoms with van der Waals surface area (Å²) in [5.74, 6) is 2.97. The van der Waals surface area contributed by atoms with Crippen LogP contribution in [0, 0.1) is 45.8 Å². The van der Waals surface area contributed by atoms with Crippen molar-refractivity contribution in [2.75, 3.05) is 7.11 Å². The second kappa shape index (κ2) is 8.90. The zero-order chi connectivity index (χ0) is 26.2. The van der Waals surface area contributed by atoms with E-state index in [1.165, 1.54) is 19.3 Å². The van der Waals surface area contributed by atoms with Gasteiger partial charge in [0.2, 0.25) is 0 Å². The normalized spacial score (nSPS) is 44.1. The van der Waals surface area contributed by atoms with Gasteiger partial charge in [-0.15, -0.1) is 0 Å². The predicted molar refractivity (Wildman–Crippen MR) is 148 cm³/mol. The third-order valence-electron chi connectivity index (χ3n) is 11.2. The van der Waals surface area contributed by atoms with Gasteiger partial charge in [-0.2, -0.15) is 15.1 Å². The molecule has 1 aliphatic heterocycles. The first-order valence-electron chi connectivity index (χ1n) is 13.9. The van der Waals surface area contributed by atoms with E-state index in [1.807, 2.05) is 30.3 Å². The van der Waals surface area contributed by atoms with Crippen molar-refractivity contribution in [3.63, 3.8) is 0 Å². The average molecular weight is 540 g/mol. The van der Waals surface area contributed by atoms with Crippen LogP contribution in [0.15, 0.2) is 29.4 Å². The first kappa shape index (κ1) is 25.5. The second-order valence-electron chi connectivity index (χ2n) is 12.6. The van der Waals surface area contributed by atoms with E-state index < -0.39 is 6.19 Å². The average Bonchev–Trinajstić information content (AvgIpc) is 3.36. The molecule has 9 atom stereocenters. The van der Waals surface area contributed by atoms with Gasteiger partial charge in [-0.3, -0.25) is 4.79 Å². The van der Waals surface area contributed by atoms with Crippen molar-refractivity contribution in [2.45, 2.75) is 83.4 Å². The van der Waals surface area contributed by atoms with E-state index in [4.69, 9.17) is 21.6 Å². The molecule has 4 fully saturated rings. The summed E-state index contributed by atoms with van der Waals surface area (Å²) in [6, 6.07) is 9.90. The van der Waals surface area contributed by atoms with Crippen LogP contribution >= 0.6 is 6.19 Å². The summed E-state index contributed by atoms with van der Waals surface area (Å²) in [5.41, 5.74) is 1.47. The molecule has 5 aliphatic rings. The molecule has 1 aromatic rings. The number of nitriles is 1. The summed E-state index contributed by atoms with van der Waals surface area (Å²) in [4.78, 5) is 13.2. The molecule has 4 aliphatic carbocycles. The number of amides is 1. The van der Waals surface area contributed by atoms with Gasteiger partial charge in [-0.25, -0.2) is 0 Å². The van der Waals surface area contributed by atoms with Crippen molar-refractivity contribution >= 4 is 34.9 Å². The highest BCUT2D eigenvalue weighted by Crippen LogP contribution is 2.72. The van der Waals surface area contributed by atoms with E-state index in [2.05, 4.69) is 13.8 Å². The highest BCUT2D eigenvalue weighted by atomic mass is 32.4. The van der Waals surface area contributed by atoms with Gasteiger partial charge in [0.1, 0.15) is 12.2 Å². The number of hydrogen-bond acceptors (Lipinski definition) is 6. The van der Waals surface area contributed by atoms with Gasteiger partial charge in [-0.1, -0.05) is 25.7 Å². The smallest absolute Gasteiger partial charge is 0.261 e. The maximum atomic E-state index is 13.2. The van der Waals surface area contributed by atoms with Gasteiger partial charge in [0.25, 0.3) is 5.91 Å². The van der Waals surface area contributed by atoms with Crippen molar-refractivity contribution in [3.8, 4) is 11.8 Å². The molecule has 1 N–H and O–H groups in total. The Kier molecular flexibility index (Phi) is 6.14. The lowest BCUT2D eigenvalue weighted by Crippen LogP contribution is -2.54. The fourth-order valence-electron chi connectivity index (χ4n) is 9.28. The van der Waals surface area contributed by atoms with Crippen LogP contribution in [-0.4, -0.2) is 40.4 Å². The third-order valence-corrected chi connectivity index (χ3v) is 16.3. The SMILES string of the molecule is COc1ccc(P2(=S)[C@H]3C[C@H]4[C@@H]5CC[C@H]6C[C@@H](O)CC[C@]6(C)[C@H]5CC[C@]4(C)C3=NN2C(=O)CC#N)cc1. The van der Waals surface area contributed by atoms with Crippen LogP contribution in [0.5, 0.6) is 5.75 Å². The molecule has 6 rings (SSSR count). The minimum absolute atomic E-state index is 0.0542. The fourth-order valence-corrected chi connectivity index (χ4v) is 13.8. The summed E-state index contributed by atoms with van der Waals surface area (Å²) in [7, 11) is 1.65. The Labute approximate surface area is 225 Å². The number of carbonyl (C=O) groups excluding carboxylic acids is 1. The third kappa shape index (κ3) is 3.55. The summed E-state index contributed by atoms with van der Waals surface area (Å²) in [6.07, 6.45) is 5.78. The number of hydrazone groups is 1. The molecule has 1 aromatic carbocycles. The Morgan fingerprint density at radius 3 is 2.65 bits per heavy atom. The maximum absolute atomic E-state index is 13.2. The first-order chi connectivity index (χ1) is 17.7. The molecule has 4 saturated carbocycles. The number of hydrogen-bond donors (Lipinski definition) is 1. The van der Waals surface area contributed by atoms with E-state index in [1.54, 1.807) is 11.9 Å². The molecule has 0 bridgehead atoms. The van der Waals surface area contributed by atoms with Gasteiger partial charge in [0.05, 0.1) is 36.8 Å². The number of fused-ring (bicyclic) bond motifs is 7. The molecule has 0 spiro atoms. The summed E-state index contributed by atoms with van der Waals surface area (Å²) >= 11 is 6.53. The number of benzene rings is 1. The number of aliphatic hydroxyl groups is 1. The van der Waals surface area contributed by atoms with Crippen LogP contribution in [0.1, 0.15) is 71.6 Å². The second-order valence-corrected chi connectivity index (χ2v) is 17.1. The monoisotopic (exact) mass is 539 g/mol. The Balaban J connectivity index is 1.39. The summed E-state index contributed by atoms with van der Waals surface area (Å²) in [5, 5.41) is 25.7. The van der Waals surface area contributed by atoms with Crippen LogP contribution in [0.4, 0.5) is 0 Å². The molecule has 8 heteroatoms. The highest BCUT2D eigenvalue weighted by molar-refractivity contribution is 8.18.